The van der Waals surface area contributed by atoms with Crippen LogP contribution in [0.3, 0.4) is 0 Å². The monoisotopic (exact) mass is 280 g/mol. The summed E-state index contributed by atoms with van der Waals surface area (Å²) in [6.07, 6.45) is 1.07. The van der Waals surface area contributed by atoms with E-state index in [1.54, 1.807) is 26.0 Å². The van der Waals surface area contributed by atoms with Gasteiger partial charge in [0, 0.05) is 11.3 Å². The van der Waals surface area contributed by atoms with Gasteiger partial charge in [0.25, 0.3) is 5.22 Å². The summed E-state index contributed by atoms with van der Waals surface area (Å²) in [5.41, 5.74) is 0.813. The van der Waals surface area contributed by atoms with Crippen molar-refractivity contribution in [3.8, 4) is 23.0 Å². The number of hydrogen-bond donors (Lipinski definition) is 0. The van der Waals surface area contributed by atoms with Crippen molar-refractivity contribution in [3.63, 3.8) is 0 Å². The van der Waals surface area contributed by atoms with E-state index in [0.29, 0.717) is 22.6 Å². The Morgan fingerprint density at radius 1 is 1.16 bits per heavy atom. The predicted octanol–water partition coefficient (Wildman–Crippen LogP) is 3.26. The van der Waals surface area contributed by atoms with Gasteiger partial charge in [-0.25, -0.2) is 0 Å². The van der Waals surface area contributed by atoms with E-state index in [2.05, 4.69) is 17.1 Å². The highest BCUT2D eigenvalue weighted by Crippen LogP contribution is 2.32. The first-order chi connectivity index (χ1) is 9.28. The number of rotatable bonds is 6. The molecular formula is C13H16N2O3S. The van der Waals surface area contributed by atoms with Crippen LogP contribution in [0.5, 0.6) is 11.5 Å². The Morgan fingerprint density at radius 2 is 1.95 bits per heavy atom. The molecule has 0 saturated heterocycles. The summed E-state index contributed by atoms with van der Waals surface area (Å²) in [6, 6.07) is 5.50. The Morgan fingerprint density at radius 3 is 2.63 bits per heavy atom. The van der Waals surface area contributed by atoms with Crippen molar-refractivity contribution in [2.75, 3.05) is 20.0 Å². The van der Waals surface area contributed by atoms with Crippen LogP contribution in [0.25, 0.3) is 11.5 Å². The molecule has 0 fully saturated rings. The summed E-state index contributed by atoms with van der Waals surface area (Å²) in [6.45, 7) is 2.11. The second kappa shape index (κ2) is 6.47. The highest BCUT2D eigenvalue weighted by atomic mass is 32.2. The van der Waals surface area contributed by atoms with E-state index in [1.807, 2.05) is 18.2 Å². The Hall–Kier alpha value is -1.69. The molecule has 5 nitrogen and oxygen atoms in total. The van der Waals surface area contributed by atoms with Gasteiger partial charge >= 0.3 is 0 Å². The Labute approximate surface area is 116 Å². The van der Waals surface area contributed by atoms with Gasteiger partial charge in [-0.2, -0.15) is 0 Å². The van der Waals surface area contributed by atoms with Crippen LogP contribution in [-0.2, 0) is 0 Å². The molecule has 1 aromatic heterocycles. The molecule has 0 amide bonds. The van der Waals surface area contributed by atoms with Gasteiger partial charge in [-0.3, -0.25) is 0 Å². The lowest BCUT2D eigenvalue weighted by Gasteiger charge is -2.07. The molecule has 6 heteroatoms. The summed E-state index contributed by atoms with van der Waals surface area (Å²) in [5.74, 6) is 2.76. The van der Waals surface area contributed by atoms with Crippen LogP contribution in [-0.4, -0.2) is 30.2 Å². The molecule has 0 aliphatic heterocycles. The molecule has 0 N–H and O–H groups in total. The fourth-order valence-corrected chi connectivity index (χ4v) is 2.16. The fourth-order valence-electron chi connectivity index (χ4n) is 1.54. The summed E-state index contributed by atoms with van der Waals surface area (Å²) in [4.78, 5) is 0. The smallest absolute Gasteiger partial charge is 0.276 e. The predicted molar refractivity (Wildman–Crippen MR) is 73.9 cm³/mol. The van der Waals surface area contributed by atoms with Gasteiger partial charge in [0.15, 0.2) is 11.5 Å². The number of thioether (sulfide) groups is 1. The van der Waals surface area contributed by atoms with Crippen molar-refractivity contribution in [2.45, 2.75) is 18.6 Å². The average molecular weight is 280 g/mol. The first kappa shape index (κ1) is 13.7. The van der Waals surface area contributed by atoms with Gasteiger partial charge < -0.3 is 13.9 Å². The number of ether oxygens (including phenoxy) is 2. The van der Waals surface area contributed by atoms with Gasteiger partial charge in [-0.1, -0.05) is 18.7 Å². The molecule has 0 spiro atoms. The van der Waals surface area contributed by atoms with E-state index in [-0.39, 0.29) is 0 Å². The van der Waals surface area contributed by atoms with Crippen molar-refractivity contribution >= 4 is 11.8 Å². The highest BCUT2D eigenvalue weighted by molar-refractivity contribution is 7.99. The maximum atomic E-state index is 5.59. The molecule has 102 valence electrons. The molecule has 0 unspecified atom stereocenters. The van der Waals surface area contributed by atoms with Crippen LogP contribution in [0.2, 0.25) is 0 Å². The molecular weight excluding hydrogens is 264 g/mol. The van der Waals surface area contributed by atoms with Crippen LogP contribution in [0.1, 0.15) is 13.3 Å². The number of nitrogens with zero attached hydrogens (tertiary/aromatic N) is 2. The molecule has 1 aromatic carbocycles. The van der Waals surface area contributed by atoms with Crippen molar-refractivity contribution in [2.24, 2.45) is 0 Å². The van der Waals surface area contributed by atoms with Crippen molar-refractivity contribution < 1.29 is 13.9 Å². The Kier molecular flexibility index (Phi) is 4.68. The van der Waals surface area contributed by atoms with E-state index in [4.69, 9.17) is 13.9 Å². The second-order valence-electron chi connectivity index (χ2n) is 3.79. The Balaban J connectivity index is 2.23. The minimum absolute atomic E-state index is 0.486. The van der Waals surface area contributed by atoms with Crippen LogP contribution in [0.4, 0.5) is 0 Å². The van der Waals surface area contributed by atoms with Gasteiger partial charge in [0.1, 0.15) is 0 Å². The van der Waals surface area contributed by atoms with Gasteiger partial charge in [-0.15, -0.1) is 10.2 Å². The third-order valence-electron chi connectivity index (χ3n) is 2.47. The average Bonchev–Trinajstić information content (AvgIpc) is 2.93. The lowest BCUT2D eigenvalue weighted by molar-refractivity contribution is 0.355. The molecule has 2 aromatic rings. The molecule has 1 heterocycles. The fraction of sp³-hybridized carbons (Fsp3) is 0.385. The quantitative estimate of drug-likeness (QED) is 0.757. The summed E-state index contributed by atoms with van der Waals surface area (Å²) < 4.78 is 16.0. The van der Waals surface area contributed by atoms with Crippen LogP contribution >= 0.6 is 11.8 Å². The van der Waals surface area contributed by atoms with Crippen molar-refractivity contribution in [1.29, 1.82) is 0 Å². The first-order valence-electron chi connectivity index (χ1n) is 5.97. The van der Waals surface area contributed by atoms with Gasteiger partial charge in [-0.05, 0) is 24.6 Å². The minimum Gasteiger partial charge on any atom is -0.493 e. The molecule has 0 aliphatic carbocycles. The first-order valence-corrected chi connectivity index (χ1v) is 6.95. The zero-order valence-corrected chi connectivity index (χ0v) is 12.0. The number of hydrogen-bond acceptors (Lipinski definition) is 6. The zero-order valence-electron chi connectivity index (χ0n) is 11.2. The molecule has 19 heavy (non-hydrogen) atoms. The molecule has 2 rings (SSSR count). The number of aromatic nitrogens is 2. The Bertz CT molecular complexity index is 542. The minimum atomic E-state index is 0.486. The molecule has 0 saturated carbocycles. The third-order valence-corrected chi connectivity index (χ3v) is 3.49. The zero-order chi connectivity index (χ0) is 13.7. The van der Waals surface area contributed by atoms with Gasteiger partial charge in [0.05, 0.1) is 14.2 Å². The van der Waals surface area contributed by atoms with Crippen LogP contribution in [0, 0.1) is 0 Å². The van der Waals surface area contributed by atoms with Crippen molar-refractivity contribution in [3.05, 3.63) is 18.2 Å². The second-order valence-corrected chi connectivity index (χ2v) is 4.84. The lowest BCUT2D eigenvalue weighted by Crippen LogP contribution is -1.90. The van der Waals surface area contributed by atoms with E-state index in [9.17, 15) is 0 Å². The normalized spacial score (nSPS) is 10.5. The van der Waals surface area contributed by atoms with Gasteiger partial charge in [0.2, 0.25) is 5.89 Å². The van der Waals surface area contributed by atoms with E-state index >= 15 is 0 Å². The summed E-state index contributed by atoms with van der Waals surface area (Å²) in [5, 5.41) is 8.63. The molecule has 0 radical (unpaired) electrons. The summed E-state index contributed by atoms with van der Waals surface area (Å²) >= 11 is 1.56. The molecule has 0 atom stereocenters. The topological polar surface area (TPSA) is 57.4 Å². The third kappa shape index (κ3) is 3.20. The number of benzene rings is 1. The van der Waals surface area contributed by atoms with E-state index < -0.39 is 0 Å². The maximum Gasteiger partial charge on any atom is 0.276 e. The maximum absolute atomic E-state index is 5.59. The number of methoxy groups -OCH3 is 2. The largest absolute Gasteiger partial charge is 0.493 e. The molecule has 0 aliphatic rings. The molecule has 0 bridgehead atoms. The van der Waals surface area contributed by atoms with Crippen LogP contribution < -0.4 is 9.47 Å². The summed E-state index contributed by atoms with van der Waals surface area (Å²) in [7, 11) is 3.20. The highest BCUT2D eigenvalue weighted by Gasteiger charge is 2.12. The van der Waals surface area contributed by atoms with E-state index in [1.165, 1.54) is 0 Å². The van der Waals surface area contributed by atoms with Crippen LogP contribution in [0.15, 0.2) is 27.8 Å². The lowest BCUT2D eigenvalue weighted by atomic mass is 10.2. The standard InChI is InChI=1S/C13H16N2O3S/c1-4-7-19-13-15-14-12(18-13)9-5-6-10(16-2)11(8-9)17-3/h5-6,8H,4,7H2,1-3H3. The SMILES string of the molecule is CCCSc1nnc(-c2ccc(OC)c(OC)c2)o1. The van der Waals surface area contributed by atoms with Crippen molar-refractivity contribution in [1.82, 2.24) is 10.2 Å². The van der Waals surface area contributed by atoms with E-state index in [0.717, 1.165) is 17.7 Å².